The van der Waals surface area contributed by atoms with Crippen LogP contribution in [-0.2, 0) is 4.79 Å². The lowest BCUT2D eigenvalue weighted by Gasteiger charge is -2.18. The standard InChI is InChI=1S/C12H13ClN4O/c1-14-11(18)6-17(2)12-9-4-3-8(13)5-10(9)15-7-16-12/h3-5,7H,6H2,1-2H3,(H,14,18). The molecule has 18 heavy (non-hydrogen) atoms. The molecule has 2 rings (SSSR count). The summed E-state index contributed by atoms with van der Waals surface area (Å²) >= 11 is 5.92. The van der Waals surface area contributed by atoms with Crippen LogP contribution in [0.15, 0.2) is 24.5 Å². The van der Waals surface area contributed by atoms with Crippen LogP contribution in [0.2, 0.25) is 5.02 Å². The number of fused-ring (bicyclic) bond motifs is 1. The number of rotatable bonds is 3. The van der Waals surface area contributed by atoms with Crippen molar-refractivity contribution in [2.75, 3.05) is 25.5 Å². The first-order valence-electron chi connectivity index (χ1n) is 5.44. The van der Waals surface area contributed by atoms with Gasteiger partial charge < -0.3 is 10.2 Å². The molecule has 0 atom stereocenters. The topological polar surface area (TPSA) is 58.1 Å². The van der Waals surface area contributed by atoms with E-state index in [2.05, 4.69) is 15.3 Å². The quantitative estimate of drug-likeness (QED) is 0.912. The molecule has 1 heterocycles. The van der Waals surface area contributed by atoms with E-state index in [1.54, 1.807) is 24.1 Å². The van der Waals surface area contributed by atoms with Crippen molar-refractivity contribution in [3.63, 3.8) is 0 Å². The minimum atomic E-state index is -0.0711. The summed E-state index contributed by atoms with van der Waals surface area (Å²) in [5.41, 5.74) is 0.760. The largest absolute Gasteiger partial charge is 0.358 e. The molecule has 1 aromatic heterocycles. The number of aromatic nitrogens is 2. The summed E-state index contributed by atoms with van der Waals surface area (Å²) in [6.07, 6.45) is 1.47. The van der Waals surface area contributed by atoms with Crippen molar-refractivity contribution in [1.82, 2.24) is 15.3 Å². The normalized spacial score (nSPS) is 10.4. The van der Waals surface area contributed by atoms with Crippen LogP contribution in [0.3, 0.4) is 0 Å². The minimum Gasteiger partial charge on any atom is -0.358 e. The summed E-state index contributed by atoms with van der Waals surface area (Å²) in [4.78, 5) is 21.5. The van der Waals surface area contributed by atoms with Gasteiger partial charge in [-0.05, 0) is 18.2 Å². The summed E-state index contributed by atoms with van der Waals surface area (Å²) in [6.45, 7) is 0.241. The molecule has 5 nitrogen and oxygen atoms in total. The average Bonchev–Trinajstić information content (AvgIpc) is 2.37. The number of carbonyl (C=O) groups is 1. The van der Waals surface area contributed by atoms with Gasteiger partial charge in [0, 0.05) is 24.5 Å². The van der Waals surface area contributed by atoms with Gasteiger partial charge in [0.15, 0.2) is 0 Å². The molecule has 0 saturated carbocycles. The van der Waals surface area contributed by atoms with Crippen molar-refractivity contribution < 1.29 is 4.79 Å². The molecular formula is C12H13ClN4O. The van der Waals surface area contributed by atoms with Gasteiger partial charge in [0.25, 0.3) is 0 Å². The predicted molar refractivity (Wildman–Crippen MR) is 71.9 cm³/mol. The highest BCUT2D eigenvalue weighted by molar-refractivity contribution is 6.31. The van der Waals surface area contributed by atoms with Crippen molar-refractivity contribution in [3.05, 3.63) is 29.5 Å². The summed E-state index contributed by atoms with van der Waals surface area (Å²) in [5.74, 6) is 0.637. The number of hydrogen-bond donors (Lipinski definition) is 1. The molecule has 0 bridgehead atoms. The van der Waals surface area contributed by atoms with Crippen LogP contribution in [0, 0.1) is 0 Å². The maximum absolute atomic E-state index is 11.4. The molecule has 0 saturated heterocycles. The maximum atomic E-state index is 11.4. The Kier molecular flexibility index (Phi) is 3.62. The monoisotopic (exact) mass is 264 g/mol. The molecule has 1 amide bonds. The molecule has 0 aliphatic heterocycles. The Morgan fingerprint density at radius 3 is 2.94 bits per heavy atom. The SMILES string of the molecule is CNC(=O)CN(C)c1ncnc2cc(Cl)ccc12. The van der Waals surface area contributed by atoms with Crippen molar-refractivity contribution in [2.24, 2.45) is 0 Å². The number of halogens is 1. The molecule has 0 radical (unpaired) electrons. The molecule has 2 aromatic rings. The third kappa shape index (κ3) is 2.51. The van der Waals surface area contributed by atoms with Crippen molar-refractivity contribution in [1.29, 1.82) is 0 Å². The Morgan fingerprint density at radius 1 is 1.44 bits per heavy atom. The van der Waals surface area contributed by atoms with Gasteiger partial charge in [-0.25, -0.2) is 9.97 Å². The third-order valence-corrected chi connectivity index (χ3v) is 2.83. The van der Waals surface area contributed by atoms with Gasteiger partial charge in [-0.15, -0.1) is 0 Å². The molecule has 0 spiro atoms. The highest BCUT2D eigenvalue weighted by Gasteiger charge is 2.11. The molecule has 0 fully saturated rings. The fraction of sp³-hybridized carbons (Fsp3) is 0.250. The zero-order valence-electron chi connectivity index (χ0n) is 10.1. The number of anilines is 1. The Hall–Kier alpha value is -1.88. The van der Waals surface area contributed by atoms with Gasteiger partial charge in [-0.3, -0.25) is 4.79 Å². The lowest BCUT2D eigenvalue weighted by Crippen LogP contribution is -2.33. The second kappa shape index (κ2) is 5.18. The number of nitrogens with zero attached hydrogens (tertiary/aromatic N) is 3. The second-order valence-electron chi connectivity index (χ2n) is 3.89. The Balaban J connectivity index is 2.41. The number of amides is 1. The van der Waals surface area contributed by atoms with Gasteiger partial charge in [-0.1, -0.05) is 11.6 Å². The van der Waals surface area contributed by atoms with Crippen molar-refractivity contribution >= 4 is 34.2 Å². The van der Waals surface area contributed by atoms with Gasteiger partial charge in [0.05, 0.1) is 12.1 Å². The van der Waals surface area contributed by atoms with E-state index < -0.39 is 0 Å². The molecular weight excluding hydrogens is 252 g/mol. The van der Waals surface area contributed by atoms with Crippen LogP contribution in [0.4, 0.5) is 5.82 Å². The fourth-order valence-electron chi connectivity index (χ4n) is 1.69. The fourth-order valence-corrected chi connectivity index (χ4v) is 1.86. The van der Waals surface area contributed by atoms with E-state index in [-0.39, 0.29) is 12.5 Å². The zero-order chi connectivity index (χ0) is 13.1. The molecule has 0 unspecified atom stereocenters. The van der Waals surface area contributed by atoms with E-state index in [4.69, 9.17) is 11.6 Å². The summed E-state index contributed by atoms with van der Waals surface area (Å²) < 4.78 is 0. The molecule has 1 N–H and O–H groups in total. The number of nitrogens with one attached hydrogen (secondary N) is 1. The van der Waals surface area contributed by atoms with Gasteiger partial charge in [0.2, 0.25) is 5.91 Å². The van der Waals surface area contributed by atoms with E-state index in [1.807, 2.05) is 13.1 Å². The molecule has 1 aromatic carbocycles. The van der Waals surface area contributed by atoms with Crippen LogP contribution in [-0.4, -0.2) is 36.5 Å². The number of benzene rings is 1. The number of likely N-dealkylation sites (N-methyl/N-ethyl adjacent to an activating group) is 2. The molecule has 94 valence electrons. The Morgan fingerprint density at radius 2 is 2.22 bits per heavy atom. The number of carbonyl (C=O) groups excluding carboxylic acids is 1. The molecule has 0 aliphatic rings. The van der Waals surface area contributed by atoms with Crippen LogP contribution < -0.4 is 10.2 Å². The van der Waals surface area contributed by atoms with Crippen LogP contribution >= 0.6 is 11.6 Å². The first kappa shape index (κ1) is 12.6. The van der Waals surface area contributed by atoms with E-state index in [0.29, 0.717) is 10.8 Å². The lowest BCUT2D eigenvalue weighted by molar-refractivity contribution is -0.119. The average molecular weight is 265 g/mol. The molecule has 6 heteroatoms. The Labute approximate surface area is 110 Å². The van der Waals surface area contributed by atoms with E-state index >= 15 is 0 Å². The number of hydrogen-bond acceptors (Lipinski definition) is 4. The molecule has 0 aliphatic carbocycles. The first-order chi connectivity index (χ1) is 8.61. The summed E-state index contributed by atoms with van der Waals surface area (Å²) in [7, 11) is 3.42. The lowest BCUT2D eigenvalue weighted by atomic mass is 10.2. The zero-order valence-corrected chi connectivity index (χ0v) is 10.9. The van der Waals surface area contributed by atoms with Crippen molar-refractivity contribution in [3.8, 4) is 0 Å². The first-order valence-corrected chi connectivity index (χ1v) is 5.81. The summed E-state index contributed by atoms with van der Waals surface area (Å²) in [6, 6.07) is 5.41. The van der Waals surface area contributed by atoms with Gasteiger partial charge >= 0.3 is 0 Å². The van der Waals surface area contributed by atoms with Crippen LogP contribution in [0.1, 0.15) is 0 Å². The summed E-state index contributed by atoms with van der Waals surface area (Å²) in [5, 5.41) is 4.07. The minimum absolute atomic E-state index is 0.0711. The van der Waals surface area contributed by atoms with E-state index in [0.717, 1.165) is 10.9 Å². The van der Waals surface area contributed by atoms with Crippen LogP contribution in [0.25, 0.3) is 10.9 Å². The van der Waals surface area contributed by atoms with Gasteiger partial charge in [0.1, 0.15) is 12.1 Å². The third-order valence-electron chi connectivity index (χ3n) is 2.60. The van der Waals surface area contributed by atoms with E-state index in [1.165, 1.54) is 6.33 Å². The van der Waals surface area contributed by atoms with Crippen LogP contribution in [0.5, 0.6) is 0 Å². The van der Waals surface area contributed by atoms with E-state index in [9.17, 15) is 4.79 Å². The highest BCUT2D eigenvalue weighted by atomic mass is 35.5. The smallest absolute Gasteiger partial charge is 0.239 e. The highest BCUT2D eigenvalue weighted by Crippen LogP contribution is 2.24. The Bertz CT molecular complexity index is 587. The predicted octanol–water partition coefficient (Wildman–Crippen LogP) is 1.47. The van der Waals surface area contributed by atoms with Gasteiger partial charge in [-0.2, -0.15) is 0 Å². The maximum Gasteiger partial charge on any atom is 0.239 e. The second-order valence-corrected chi connectivity index (χ2v) is 4.32. The van der Waals surface area contributed by atoms with Crippen molar-refractivity contribution in [2.45, 2.75) is 0 Å².